The van der Waals surface area contributed by atoms with Crippen LogP contribution in [0, 0.1) is 5.92 Å². The lowest BCUT2D eigenvalue weighted by atomic mass is 9.97. The highest BCUT2D eigenvalue weighted by Crippen LogP contribution is 2.24. The van der Waals surface area contributed by atoms with E-state index in [4.69, 9.17) is 11.6 Å². The molecule has 0 amide bonds. The number of halogens is 1. The van der Waals surface area contributed by atoms with Crippen LogP contribution in [-0.4, -0.2) is 58.6 Å². The minimum Gasteiger partial charge on any atom is -0.357 e. The summed E-state index contributed by atoms with van der Waals surface area (Å²) in [4.78, 5) is 20.3. The van der Waals surface area contributed by atoms with Crippen LogP contribution in [0.3, 0.4) is 0 Å². The molecule has 2 aromatic heterocycles. The number of likely N-dealkylation sites (tertiary alicyclic amines) is 1. The first-order valence-corrected chi connectivity index (χ1v) is 7.27. The minimum atomic E-state index is 0.245. The van der Waals surface area contributed by atoms with Crippen LogP contribution in [0.5, 0.6) is 0 Å². The fraction of sp³-hybridized carbons (Fsp3) is 0.615. The first kappa shape index (κ1) is 13.6. The van der Waals surface area contributed by atoms with Gasteiger partial charge < -0.3 is 14.8 Å². The SMILES string of the molecule is CN1CCC(CN(C)c2nc(Cl)nc3nc[nH]c23)CC1. The number of aromatic amines is 1. The van der Waals surface area contributed by atoms with Crippen LogP contribution < -0.4 is 4.90 Å². The normalized spacial score (nSPS) is 17.8. The zero-order valence-corrected chi connectivity index (χ0v) is 12.6. The van der Waals surface area contributed by atoms with E-state index in [9.17, 15) is 0 Å². The average Bonchev–Trinajstić information content (AvgIpc) is 2.88. The molecule has 6 nitrogen and oxygen atoms in total. The van der Waals surface area contributed by atoms with Gasteiger partial charge in [-0.2, -0.15) is 9.97 Å². The Morgan fingerprint density at radius 1 is 1.40 bits per heavy atom. The highest BCUT2D eigenvalue weighted by atomic mass is 35.5. The molecule has 108 valence electrons. The lowest BCUT2D eigenvalue weighted by Gasteiger charge is -2.32. The van der Waals surface area contributed by atoms with Gasteiger partial charge in [0, 0.05) is 13.6 Å². The van der Waals surface area contributed by atoms with Crippen molar-refractivity contribution in [2.45, 2.75) is 12.8 Å². The molecule has 0 aliphatic carbocycles. The van der Waals surface area contributed by atoms with Gasteiger partial charge in [-0.05, 0) is 50.5 Å². The van der Waals surface area contributed by atoms with E-state index < -0.39 is 0 Å². The Hall–Kier alpha value is -1.40. The number of aromatic nitrogens is 4. The van der Waals surface area contributed by atoms with Gasteiger partial charge in [-0.3, -0.25) is 0 Å². The summed E-state index contributed by atoms with van der Waals surface area (Å²) in [6, 6.07) is 0. The molecular formula is C13H19ClN6. The van der Waals surface area contributed by atoms with Crippen molar-refractivity contribution in [3.8, 4) is 0 Å². The molecule has 1 saturated heterocycles. The Labute approximate surface area is 123 Å². The maximum Gasteiger partial charge on any atom is 0.226 e. The van der Waals surface area contributed by atoms with Gasteiger partial charge in [-0.15, -0.1) is 0 Å². The van der Waals surface area contributed by atoms with Crippen molar-refractivity contribution in [1.82, 2.24) is 24.8 Å². The number of H-pyrrole nitrogens is 1. The maximum atomic E-state index is 5.98. The summed E-state index contributed by atoms with van der Waals surface area (Å²) in [7, 11) is 4.23. The first-order chi connectivity index (χ1) is 9.63. The number of rotatable bonds is 3. The van der Waals surface area contributed by atoms with Crippen molar-refractivity contribution in [3.05, 3.63) is 11.6 Å². The molecule has 3 rings (SSSR count). The highest BCUT2D eigenvalue weighted by molar-refractivity contribution is 6.28. The predicted octanol–water partition coefficient (Wildman–Crippen LogP) is 1.78. The molecule has 7 heteroatoms. The van der Waals surface area contributed by atoms with E-state index in [1.165, 1.54) is 25.9 Å². The number of nitrogens with one attached hydrogen (secondary N) is 1. The molecule has 20 heavy (non-hydrogen) atoms. The minimum absolute atomic E-state index is 0.245. The Morgan fingerprint density at radius 2 is 2.15 bits per heavy atom. The molecule has 0 aromatic carbocycles. The van der Waals surface area contributed by atoms with Crippen LogP contribution in [0.15, 0.2) is 6.33 Å². The molecule has 1 aliphatic rings. The molecule has 2 aromatic rings. The molecule has 1 aliphatic heterocycles. The van der Waals surface area contributed by atoms with Gasteiger partial charge in [0.05, 0.1) is 6.33 Å². The van der Waals surface area contributed by atoms with E-state index in [0.29, 0.717) is 11.6 Å². The molecule has 1 fully saturated rings. The predicted molar refractivity (Wildman–Crippen MR) is 80.2 cm³/mol. The first-order valence-electron chi connectivity index (χ1n) is 6.90. The number of piperidine rings is 1. The van der Waals surface area contributed by atoms with Gasteiger partial charge in [-0.25, -0.2) is 4.98 Å². The van der Waals surface area contributed by atoms with Crippen LogP contribution in [-0.2, 0) is 0 Å². The Kier molecular flexibility index (Phi) is 3.76. The standard InChI is InChI=1S/C13H19ClN6/c1-19-5-3-9(4-6-19)7-20(2)12-10-11(16-8-15-10)17-13(14)18-12/h8-9H,3-7H2,1-2H3,(H,15,16,17,18). The van der Waals surface area contributed by atoms with E-state index in [1.807, 2.05) is 0 Å². The molecule has 0 unspecified atom stereocenters. The van der Waals surface area contributed by atoms with Crippen molar-refractivity contribution >= 4 is 28.6 Å². The van der Waals surface area contributed by atoms with Gasteiger partial charge in [-0.1, -0.05) is 0 Å². The third-order valence-electron chi connectivity index (χ3n) is 3.97. The Balaban J connectivity index is 1.78. The van der Waals surface area contributed by atoms with Gasteiger partial charge in [0.15, 0.2) is 11.5 Å². The summed E-state index contributed by atoms with van der Waals surface area (Å²) in [6.45, 7) is 3.32. The monoisotopic (exact) mass is 294 g/mol. The molecule has 0 radical (unpaired) electrons. The fourth-order valence-electron chi connectivity index (χ4n) is 2.79. The number of nitrogens with zero attached hydrogens (tertiary/aromatic N) is 5. The van der Waals surface area contributed by atoms with Crippen molar-refractivity contribution in [2.24, 2.45) is 5.92 Å². The Bertz CT molecular complexity index is 590. The number of hydrogen-bond donors (Lipinski definition) is 1. The molecule has 0 spiro atoms. The van der Waals surface area contributed by atoms with Crippen molar-refractivity contribution in [1.29, 1.82) is 0 Å². The highest BCUT2D eigenvalue weighted by Gasteiger charge is 2.20. The quantitative estimate of drug-likeness (QED) is 0.875. The number of anilines is 1. The smallest absolute Gasteiger partial charge is 0.226 e. The summed E-state index contributed by atoms with van der Waals surface area (Å²) >= 11 is 5.98. The van der Waals surface area contributed by atoms with E-state index in [1.54, 1.807) is 6.33 Å². The third kappa shape index (κ3) is 2.71. The number of hydrogen-bond acceptors (Lipinski definition) is 5. The Morgan fingerprint density at radius 3 is 2.90 bits per heavy atom. The number of fused-ring (bicyclic) bond motifs is 1. The lowest BCUT2D eigenvalue weighted by Crippen LogP contribution is -2.36. The molecule has 1 N–H and O–H groups in total. The molecule has 3 heterocycles. The molecule has 0 atom stereocenters. The average molecular weight is 295 g/mol. The van der Waals surface area contributed by atoms with E-state index >= 15 is 0 Å². The van der Waals surface area contributed by atoms with E-state index in [0.717, 1.165) is 17.9 Å². The van der Waals surface area contributed by atoms with E-state index in [-0.39, 0.29) is 5.28 Å². The summed E-state index contributed by atoms with van der Waals surface area (Å²) in [5, 5.41) is 0.245. The van der Waals surface area contributed by atoms with Crippen LogP contribution in [0.4, 0.5) is 5.82 Å². The van der Waals surface area contributed by atoms with Gasteiger partial charge in [0.1, 0.15) is 5.52 Å². The van der Waals surface area contributed by atoms with Crippen LogP contribution in [0.1, 0.15) is 12.8 Å². The van der Waals surface area contributed by atoms with Crippen molar-refractivity contribution < 1.29 is 0 Å². The second-order valence-electron chi connectivity index (χ2n) is 5.54. The summed E-state index contributed by atoms with van der Waals surface area (Å²) in [5.74, 6) is 1.53. The van der Waals surface area contributed by atoms with Crippen LogP contribution in [0.2, 0.25) is 5.28 Å². The van der Waals surface area contributed by atoms with Crippen LogP contribution in [0.25, 0.3) is 11.2 Å². The summed E-state index contributed by atoms with van der Waals surface area (Å²) in [6.07, 6.45) is 4.08. The summed E-state index contributed by atoms with van der Waals surface area (Å²) in [5.41, 5.74) is 1.47. The van der Waals surface area contributed by atoms with Crippen LogP contribution >= 0.6 is 11.6 Å². The van der Waals surface area contributed by atoms with Gasteiger partial charge >= 0.3 is 0 Å². The zero-order valence-electron chi connectivity index (χ0n) is 11.8. The largest absolute Gasteiger partial charge is 0.357 e. The second kappa shape index (κ2) is 5.54. The third-order valence-corrected chi connectivity index (χ3v) is 4.14. The van der Waals surface area contributed by atoms with Crippen molar-refractivity contribution in [3.63, 3.8) is 0 Å². The topological polar surface area (TPSA) is 60.9 Å². The zero-order chi connectivity index (χ0) is 14.1. The molecule has 0 saturated carbocycles. The van der Waals surface area contributed by atoms with Crippen molar-refractivity contribution in [2.75, 3.05) is 38.6 Å². The molecule has 0 bridgehead atoms. The van der Waals surface area contributed by atoms with E-state index in [2.05, 4.69) is 43.8 Å². The molecular weight excluding hydrogens is 276 g/mol. The fourth-order valence-corrected chi connectivity index (χ4v) is 2.95. The summed E-state index contributed by atoms with van der Waals surface area (Å²) < 4.78 is 0. The number of imidazole rings is 1. The lowest BCUT2D eigenvalue weighted by molar-refractivity contribution is 0.222. The van der Waals surface area contributed by atoms with Gasteiger partial charge in [0.25, 0.3) is 0 Å². The van der Waals surface area contributed by atoms with Gasteiger partial charge in [0.2, 0.25) is 5.28 Å². The second-order valence-corrected chi connectivity index (χ2v) is 5.88. The maximum absolute atomic E-state index is 5.98.